The van der Waals surface area contributed by atoms with E-state index in [-0.39, 0.29) is 11.2 Å². The zero-order valence-electron chi connectivity index (χ0n) is 19.6. The first kappa shape index (κ1) is 23.7. The summed E-state index contributed by atoms with van der Waals surface area (Å²) in [5.74, 6) is 2.23. The number of ether oxygens (including phenoxy) is 1. The average Bonchev–Trinajstić information content (AvgIpc) is 2.83. The molecular weight excluding hydrogens is 437 g/mol. The van der Waals surface area contributed by atoms with Crippen LogP contribution in [0.15, 0.2) is 30.3 Å². The molecule has 2 N–H and O–H groups in total. The minimum absolute atomic E-state index is 0.0535. The number of halogens is 1. The van der Waals surface area contributed by atoms with Crippen LogP contribution in [0.1, 0.15) is 57.4 Å². The lowest BCUT2D eigenvalue weighted by Crippen LogP contribution is -2.43. The number of nitrogens with zero attached hydrogens (tertiary/aromatic N) is 3. The Labute approximate surface area is 201 Å². The second-order valence-corrected chi connectivity index (χ2v) is 9.85. The first-order valence-electron chi connectivity index (χ1n) is 12.0. The van der Waals surface area contributed by atoms with Crippen LogP contribution in [0.25, 0.3) is 0 Å². The molecule has 1 unspecified atom stereocenters. The number of piperidine rings is 1. The number of aromatic nitrogens is 2. The molecule has 1 aliphatic heterocycles. The summed E-state index contributed by atoms with van der Waals surface area (Å²) in [7, 11) is 1.61. The Bertz CT molecular complexity index is 948. The summed E-state index contributed by atoms with van der Waals surface area (Å²) >= 11 is 5.61. The third kappa shape index (κ3) is 5.91. The van der Waals surface area contributed by atoms with E-state index in [0.29, 0.717) is 29.4 Å². The predicted molar refractivity (Wildman–Crippen MR) is 135 cm³/mol. The van der Waals surface area contributed by atoms with Crippen molar-refractivity contribution in [3.05, 3.63) is 41.7 Å². The Kier molecular flexibility index (Phi) is 7.63. The molecule has 2 fully saturated rings. The van der Waals surface area contributed by atoms with Crippen molar-refractivity contribution in [2.24, 2.45) is 5.92 Å². The van der Waals surface area contributed by atoms with Gasteiger partial charge in [0.15, 0.2) is 5.11 Å². The number of anilines is 2. The molecule has 178 valence electrons. The van der Waals surface area contributed by atoms with Gasteiger partial charge in [-0.15, -0.1) is 0 Å². The van der Waals surface area contributed by atoms with Gasteiger partial charge in [0.05, 0.1) is 7.11 Å². The maximum atomic E-state index is 13.5. The Morgan fingerprint density at radius 2 is 1.94 bits per heavy atom. The van der Waals surface area contributed by atoms with E-state index >= 15 is 0 Å². The highest BCUT2D eigenvalue weighted by Gasteiger charge is 2.34. The smallest absolute Gasteiger partial charge is 0.234 e. The molecule has 1 atom stereocenters. The topological polar surface area (TPSA) is 62.3 Å². The molecule has 0 bridgehead atoms. The molecule has 1 saturated carbocycles. The molecule has 1 aromatic heterocycles. The van der Waals surface area contributed by atoms with E-state index in [2.05, 4.69) is 27.4 Å². The van der Waals surface area contributed by atoms with Crippen molar-refractivity contribution >= 4 is 29.1 Å². The summed E-state index contributed by atoms with van der Waals surface area (Å²) in [5.41, 5.74) is 1.11. The minimum Gasteiger partial charge on any atom is -0.481 e. The van der Waals surface area contributed by atoms with Gasteiger partial charge in [0.25, 0.3) is 0 Å². The lowest BCUT2D eigenvalue weighted by Gasteiger charge is -2.38. The monoisotopic (exact) mass is 471 g/mol. The van der Waals surface area contributed by atoms with E-state index < -0.39 is 0 Å². The fraction of sp³-hybridized carbons (Fsp3) is 0.560. The van der Waals surface area contributed by atoms with E-state index in [1.807, 2.05) is 18.2 Å². The summed E-state index contributed by atoms with van der Waals surface area (Å²) in [6.07, 6.45) is 8.07. The third-order valence-electron chi connectivity index (χ3n) is 6.96. The van der Waals surface area contributed by atoms with Gasteiger partial charge in [0.1, 0.15) is 11.6 Å². The molecule has 4 rings (SSSR count). The van der Waals surface area contributed by atoms with Gasteiger partial charge < -0.3 is 20.3 Å². The normalized spacial score (nSPS) is 20.2. The Hall–Kier alpha value is -2.48. The first-order chi connectivity index (χ1) is 16.0. The van der Waals surface area contributed by atoms with E-state index in [1.54, 1.807) is 19.2 Å². The molecule has 8 heteroatoms. The van der Waals surface area contributed by atoms with Crippen molar-refractivity contribution in [2.75, 3.05) is 37.0 Å². The SMILES string of the molecule is COc1cc(N2CCCC(C)C2)nc(NC(=S)NCC2(c3ccc(F)cc3)CCCCC2)n1. The number of hydrogen-bond acceptors (Lipinski definition) is 5. The lowest BCUT2D eigenvalue weighted by molar-refractivity contribution is 0.292. The van der Waals surface area contributed by atoms with Crippen molar-refractivity contribution in [2.45, 2.75) is 57.3 Å². The molecule has 2 aromatic rings. The lowest BCUT2D eigenvalue weighted by atomic mass is 9.69. The van der Waals surface area contributed by atoms with E-state index in [9.17, 15) is 4.39 Å². The molecule has 1 saturated heterocycles. The largest absolute Gasteiger partial charge is 0.481 e. The molecule has 1 aromatic carbocycles. The zero-order chi connectivity index (χ0) is 23.3. The molecule has 0 radical (unpaired) electrons. The van der Waals surface area contributed by atoms with Crippen LogP contribution >= 0.6 is 12.2 Å². The molecule has 0 amide bonds. The number of nitrogens with one attached hydrogen (secondary N) is 2. The summed E-state index contributed by atoms with van der Waals surface area (Å²) in [6.45, 7) is 4.91. The van der Waals surface area contributed by atoms with E-state index in [4.69, 9.17) is 21.9 Å². The second-order valence-electron chi connectivity index (χ2n) is 9.44. The maximum absolute atomic E-state index is 13.5. The van der Waals surface area contributed by atoms with Crippen molar-refractivity contribution in [1.82, 2.24) is 15.3 Å². The summed E-state index contributed by atoms with van der Waals surface area (Å²) in [5, 5.41) is 7.03. The van der Waals surface area contributed by atoms with Crippen LogP contribution in [0.5, 0.6) is 5.88 Å². The summed E-state index contributed by atoms with van der Waals surface area (Å²) < 4.78 is 18.9. The van der Waals surface area contributed by atoms with Crippen LogP contribution in [0.2, 0.25) is 0 Å². The van der Waals surface area contributed by atoms with Crippen molar-refractivity contribution in [1.29, 1.82) is 0 Å². The molecule has 6 nitrogen and oxygen atoms in total. The predicted octanol–water partition coefficient (Wildman–Crippen LogP) is 5.05. The standard InChI is InChI=1S/C25H34FN5OS/c1-18-7-6-14-31(16-18)21-15-22(32-2)29-23(28-21)30-24(33)27-17-25(12-4-3-5-13-25)19-8-10-20(26)11-9-19/h8-11,15,18H,3-7,12-14,16-17H2,1-2H3,(H2,27,28,29,30,33). The average molecular weight is 472 g/mol. The van der Waals surface area contributed by atoms with Gasteiger partial charge in [-0.2, -0.15) is 9.97 Å². The van der Waals surface area contributed by atoms with Crippen LogP contribution in [0.3, 0.4) is 0 Å². The quantitative estimate of drug-likeness (QED) is 0.572. The molecule has 1 aliphatic carbocycles. The Morgan fingerprint density at radius 3 is 2.64 bits per heavy atom. The number of benzene rings is 1. The van der Waals surface area contributed by atoms with Gasteiger partial charge in [-0.25, -0.2) is 4.39 Å². The number of thiocarbonyl (C=S) groups is 1. The molecule has 0 spiro atoms. The molecule has 33 heavy (non-hydrogen) atoms. The molecule has 2 aliphatic rings. The first-order valence-corrected chi connectivity index (χ1v) is 12.4. The second kappa shape index (κ2) is 10.6. The Morgan fingerprint density at radius 1 is 1.18 bits per heavy atom. The summed E-state index contributed by atoms with van der Waals surface area (Å²) in [6, 6.07) is 8.81. The van der Waals surface area contributed by atoms with Gasteiger partial charge >= 0.3 is 0 Å². The highest BCUT2D eigenvalue weighted by Crippen LogP contribution is 2.39. The third-order valence-corrected chi connectivity index (χ3v) is 7.21. The van der Waals surface area contributed by atoms with Gasteiger partial charge in [0.2, 0.25) is 11.8 Å². The van der Waals surface area contributed by atoms with Crippen LogP contribution in [-0.4, -0.2) is 41.8 Å². The van der Waals surface area contributed by atoms with Crippen molar-refractivity contribution in [3.63, 3.8) is 0 Å². The van der Waals surface area contributed by atoms with Gasteiger partial charge in [0, 0.05) is 31.1 Å². The van der Waals surface area contributed by atoms with Crippen LogP contribution in [0.4, 0.5) is 16.2 Å². The van der Waals surface area contributed by atoms with Crippen LogP contribution in [0, 0.1) is 11.7 Å². The number of rotatable bonds is 6. The molecular formula is C25H34FN5OS. The zero-order valence-corrected chi connectivity index (χ0v) is 20.4. The highest BCUT2D eigenvalue weighted by molar-refractivity contribution is 7.80. The van der Waals surface area contributed by atoms with Crippen molar-refractivity contribution < 1.29 is 9.13 Å². The van der Waals surface area contributed by atoms with E-state index in [1.165, 1.54) is 12.8 Å². The Balaban J connectivity index is 1.45. The number of methoxy groups -OCH3 is 1. The number of hydrogen-bond donors (Lipinski definition) is 2. The maximum Gasteiger partial charge on any atom is 0.234 e. The highest BCUT2D eigenvalue weighted by atomic mass is 32.1. The summed E-state index contributed by atoms with van der Waals surface area (Å²) in [4.78, 5) is 11.4. The van der Waals surface area contributed by atoms with Crippen molar-refractivity contribution in [3.8, 4) is 5.88 Å². The molecule has 2 heterocycles. The van der Waals surface area contributed by atoms with Gasteiger partial charge in [-0.1, -0.05) is 38.3 Å². The van der Waals surface area contributed by atoms with Crippen LogP contribution in [-0.2, 0) is 5.41 Å². The van der Waals surface area contributed by atoms with Gasteiger partial charge in [-0.05, 0) is 61.5 Å². The fourth-order valence-electron chi connectivity index (χ4n) is 5.13. The van der Waals surface area contributed by atoms with E-state index in [0.717, 1.165) is 56.6 Å². The van der Waals surface area contributed by atoms with Crippen LogP contribution < -0.4 is 20.3 Å². The fourth-order valence-corrected chi connectivity index (χ4v) is 5.29. The van der Waals surface area contributed by atoms with Gasteiger partial charge in [-0.3, -0.25) is 0 Å². The minimum atomic E-state index is -0.205.